The Bertz CT molecular complexity index is 2940. The zero-order valence-electron chi connectivity index (χ0n) is 37.8. The van der Waals surface area contributed by atoms with E-state index in [9.17, 15) is 39.2 Å². The highest BCUT2D eigenvalue weighted by molar-refractivity contribution is 7.10. The smallest absolute Gasteiger partial charge is 0.326 e. The number of hydrogen-bond donors (Lipinski definition) is 6. The first-order chi connectivity index (χ1) is 33.9. The van der Waals surface area contributed by atoms with Gasteiger partial charge in [0, 0.05) is 31.9 Å². The molecule has 0 radical (unpaired) electrons. The number of aliphatic carboxylic acids is 1. The third-order valence-corrected chi connectivity index (χ3v) is 11.9. The van der Waals surface area contributed by atoms with Crippen molar-refractivity contribution in [3.05, 3.63) is 172 Å². The highest BCUT2D eigenvalue weighted by Gasteiger charge is 2.32. The molecule has 19 heteroatoms. The normalized spacial score (nSPS) is 12.8. The molecule has 0 spiro atoms. The van der Waals surface area contributed by atoms with E-state index in [0.29, 0.717) is 42.0 Å². The fourth-order valence-corrected chi connectivity index (χ4v) is 8.12. The van der Waals surface area contributed by atoms with E-state index in [0.717, 1.165) is 21.9 Å². The molecule has 1 heterocycles. The van der Waals surface area contributed by atoms with Gasteiger partial charge in [-0.15, -0.1) is 0 Å². The lowest BCUT2D eigenvalue weighted by atomic mass is 10.0. The van der Waals surface area contributed by atoms with E-state index < -0.39 is 58.7 Å². The van der Waals surface area contributed by atoms with Gasteiger partial charge in [0.25, 0.3) is 0 Å². The minimum Gasteiger partial charge on any atom is -0.480 e. The molecular weight excluding hydrogens is 916 g/mol. The summed E-state index contributed by atoms with van der Waals surface area (Å²) in [6.07, 6.45) is 0.816. The standard InChI is InChI=1S/C51H51N8O10P/c60-45(31-35-18-21-36-15-7-8-16-37(36)27-35)53-41(28-32-11-3-1-4-12-32)49(62)55-42(29-33-13-5-2-6-14-33)50(63)54-40(48(61)56-43(51(64)65)30-34-19-22-38(68-70)23-20-34)17-9-10-26-52-39-24-25-44(59(66)67)47-46(39)57-69-58-47/h1-8,11-16,18-25,27,40-43,52H,9-10,17,26,28-31,70H2,(H,53,60)(H,54,63)(H,55,62)(H,56,61)(H,64,65)/t40-,41-,42-,43-/m1/s1. The molecule has 7 aromatic rings. The number of carboxylic acid groups (broad SMARTS) is 1. The van der Waals surface area contributed by atoms with Crippen LogP contribution in [0.5, 0.6) is 5.75 Å². The van der Waals surface area contributed by atoms with Crippen LogP contribution >= 0.6 is 9.47 Å². The first-order valence-corrected chi connectivity index (χ1v) is 23.0. The number of carbonyl (C=O) groups is 5. The maximum atomic E-state index is 14.6. The quantitative estimate of drug-likeness (QED) is 0.0175. The van der Waals surface area contributed by atoms with Gasteiger partial charge in [-0.05, 0) is 80.8 Å². The van der Waals surface area contributed by atoms with Crippen LogP contribution in [-0.2, 0) is 49.7 Å². The van der Waals surface area contributed by atoms with Gasteiger partial charge in [0.05, 0.1) is 26.5 Å². The molecular formula is C51H51N8O10P. The summed E-state index contributed by atoms with van der Waals surface area (Å²) in [5.41, 5.74) is 3.11. The van der Waals surface area contributed by atoms with Crippen LogP contribution in [-0.4, -0.2) is 80.7 Å². The Morgan fingerprint density at radius 2 is 1.16 bits per heavy atom. The number of nitro groups is 1. The summed E-state index contributed by atoms with van der Waals surface area (Å²) < 4.78 is 9.90. The van der Waals surface area contributed by atoms with Crippen LogP contribution in [0.15, 0.2) is 144 Å². The van der Waals surface area contributed by atoms with E-state index in [-0.39, 0.29) is 48.8 Å². The number of carbonyl (C=O) groups excluding carboxylic acids is 4. The Morgan fingerprint density at radius 1 is 0.614 bits per heavy atom. The second-order valence-electron chi connectivity index (χ2n) is 16.6. The van der Waals surface area contributed by atoms with Gasteiger partial charge in [0.2, 0.25) is 29.1 Å². The number of carboxylic acids is 1. The number of amides is 4. The highest BCUT2D eigenvalue weighted by Crippen LogP contribution is 2.29. The first-order valence-electron chi connectivity index (χ1n) is 22.5. The Hall–Kier alpha value is -8.24. The van der Waals surface area contributed by atoms with Gasteiger partial charge >= 0.3 is 11.7 Å². The van der Waals surface area contributed by atoms with Gasteiger partial charge in [-0.2, -0.15) is 0 Å². The molecule has 0 bridgehead atoms. The van der Waals surface area contributed by atoms with Crippen molar-refractivity contribution in [3.8, 4) is 5.75 Å². The number of nitrogens with zero attached hydrogens (tertiary/aromatic N) is 3. The molecule has 70 heavy (non-hydrogen) atoms. The number of nitrogens with one attached hydrogen (secondary N) is 5. The van der Waals surface area contributed by atoms with Crippen LogP contribution < -0.4 is 31.1 Å². The molecule has 18 nitrogen and oxygen atoms in total. The number of benzene rings is 6. The Balaban J connectivity index is 1.09. The number of anilines is 1. The summed E-state index contributed by atoms with van der Waals surface area (Å²) in [6, 6.07) is 36.0. The second kappa shape index (κ2) is 24.2. The van der Waals surface area contributed by atoms with E-state index in [4.69, 9.17) is 9.15 Å². The predicted octanol–water partition coefficient (Wildman–Crippen LogP) is 6.03. The van der Waals surface area contributed by atoms with E-state index in [1.807, 2.05) is 78.9 Å². The highest BCUT2D eigenvalue weighted by atomic mass is 31.0. The molecule has 0 saturated carbocycles. The van der Waals surface area contributed by atoms with Crippen molar-refractivity contribution in [3.63, 3.8) is 0 Å². The van der Waals surface area contributed by atoms with Crippen LogP contribution in [0.4, 0.5) is 11.4 Å². The molecule has 0 aliphatic rings. The monoisotopic (exact) mass is 966 g/mol. The van der Waals surface area contributed by atoms with E-state index in [2.05, 4.69) is 46.4 Å². The molecule has 360 valence electrons. The van der Waals surface area contributed by atoms with E-state index in [1.54, 1.807) is 48.5 Å². The molecule has 0 aliphatic carbocycles. The molecule has 1 unspecified atom stereocenters. The lowest BCUT2D eigenvalue weighted by Gasteiger charge is -2.26. The molecule has 6 aromatic carbocycles. The van der Waals surface area contributed by atoms with Gasteiger partial charge < -0.3 is 36.2 Å². The van der Waals surface area contributed by atoms with Crippen LogP contribution in [0.2, 0.25) is 0 Å². The number of nitro benzene ring substituents is 1. The van der Waals surface area contributed by atoms with Gasteiger partial charge in [-0.3, -0.25) is 29.3 Å². The molecule has 0 fully saturated rings. The third-order valence-electron chi connectivity index (χ3n) is 11.6. The van der Waals surface area contributed by atoms with Crippen molar-refractivity contribution in [2.45, 2.75) is 69.1 Å². The number of unbranched alkanes of at least 4 members (excludes halogenated alkanes) is 1. The minimum atomic E-state index is -1.38. The molecule has 7 rings (SSSR count). The van der Waals surface area contributed by atoms with E-state index in [1.165, 1.54) is 12.1 Å². The summed E-state index contributed by atoms with van der Waals surface area (Å²) >= 11 is 0. The average molecular weight is 967 g/mol. The maximum absolute atomic E-state index is 14.6. The van der Waals surface area contributed by atoms with Crippen LogP contribution in [0, 0.1) is 10.1 Å². The van der Waals surface area contributed by atoms with Crippen molar-refractivity contribution < 1.29 is 43.2 Å². The SMILES string of the molecule is O=C(Cc1ccc2ccccc2c1)N[C@H](Cc1ccccc1)C(=O)N[C@H](Cc1ccccc1)C(=O)N[C@H](CCCCNc1ccc([N+](=O)[O-])c2nonc12)C(=O)N[C@H](Cc1ccc(OP)cc1)C(=O)O. The molecule has 5 atom stereocenters. The number of rotatable bonds is 24. The molecule has 0 aliphatic heterocycles. The predicted molar refractivity (Wildman–Crippen MR) is 265 cm³/mol. The fourth-order valence-electron chi connectivity index (χ4n) is 7.96. The molecule has 0 saturated heterocycles. The maximum Gasteiger partial charge on any atom is 0.326 e. The lowest BCUT2D eigenvalue weighted by Crippen LogP contribution is -2.58. The third kappa shape index (κ3) is 13.7. The van der Waals surface area contributed by atoms with Gasteiger partial charge in [0.1, 0.15) is 29.9 Å². The first kappa shape index (κ1) is 49.7. The van der Waals surface area contributed by atoms with E-state index >= 15 is 0 Å². The van der Waals surface area contributed by atoms with Gasteiger partial charge in [0.15, 0.2) is 5.52 Å². The van der Waals surface area contributed by atoms with Crippen molar-refractivity contribution in [2.24, 2.45) is 0 Å². The molecule has 1 aromatic heterocycles. The summed E-state index contributed by atoms with van der Waals surface area (Å²) in [6.45, 7) is 0.303. The van der Waals surface area contributed by atoms with Crippen LogP contribution in [0.25, 0.3) is 21.8 Å². The zero-order chi connectivity index (χ0) is 49.4. The Morgan fingerprint density at radius 3 is 1.80 bits per heavy atom. The Labute approximate surface area is 404 Å². The van der Waals surface area contributed by atoms with Crippen molar-refractivity contribution in [2.75, 3.05) is 11.9 Å². The van der Waals surface area contributed by atoms with Crippen LogP contribution in [0.1, 0.15) is 41.5 Å². The topological polar surface area (TPSA) is 257 Å². The number of hydrogen-bond acceptors (Lipinski definition) is 12. The van der Waals surface area contributed by atoms with Crippen molar-refractivity contribution in [1.29, 1.82) is 0 Å². The zero-order valence-corrected chi connectivity index (χ0v) is 38.9. The fraction of sp³-hybridized carbons (Fsp3) is 0.235. The minimum absolute atomic E-state index is 0.00571. The number of non-ortho nitro benzene ring substituents is 1. The summed E-state index contributed by atoms with van der Waals surface area (Å²) in [5, 5.41) is 45.5. The van der Waals surface area contributed by atoms with Gasteiger partial charge in [-0.25, -0.2) is 9.42 Å². The van der Waals surface area contributed by atoms with Crippen LogP contribution in [0.3, 0.4) is 0 Å². The summed E-state index contributed by atoms with van der Waals surface area (Å²) in [7, 11) is 2.13. The second-order valence-corrected chi connectivity index (χ2v) is 16.9. The number of fused-ring (bicyclic) bond motifs is 2. The summed E-state index contributed by atoms with van der Waals surface area (Å²) in [4.78, 5) is 80.3. The molecule has 6 N–H and O–H groups in total. The van der Waals surface area contributed by atoms with Gasteiger partial charge in [-0.1, -0.05) is 115 Å². The van der Waals surface area contributed by atoms with Crippen molar-refractivity contribution >= 4 is 72.2 Å². The average Bonchev–Trinajstić information content (AvgIpc) is 3.86. The summed E-state index contributed by atoms with van der Waals surface area (Å²) in [5.74, 6) is -3.29. The lowest BCUT2D eigenvalue weighted by molar-refractivity contribution is -0.383. The number of aromatic nitrogens is 2. The largest absolute Gasteiger partial charge is 0.480 e. The molecule has 4 amide bonds. The van der Waals surface area contributed by atoms with Crippen molar-refractivity contribution in [1.82, 2.24) is 31.6 Å². The Kier molecular flexibility index (Phi) is 17.1.